The van der Waals surface area contributed by atoms with Gasteiger partial charge in [-0.25, -0.2) is 13.1 Å². The van der Waals surface area contributed by atoms with Crippen LogP contribution >= 0.6 is 0 Å². The molecule has 0 unspecified atom stereocenters. The summed E-state index contributed by atoms with van der Waals surface area (Å²) < 4.78 is 31.4. The Hall–Kier alpha value is -1.18. The van der Waals surface area contributed by atoms with Crippen LogP contribution in [-0.2, 0) is 14.8 Å². The molecule has 0 aliphatic rings. The summed E-state index contributed by atoms with van der Waals surface area (Å²) >= 11 is 0. The highest BCUT2D eigenvalue weighted by Crippen LogP contribution is 2.00. The zero-order valence-corrected chi connectivity index (χ0v) is 12.0. The Balaban J connectivity index is 2.41. The number of hydrogen-bond acceptors (Lipinski definition) is 4. The molecule has 1 heterocycles. The summed E-state index contributed by atoms with van der Waals surface area (Å²) in [5, 5.41) is 0. The van der Waals surface area contributed by atoms with Crippen LogP contribution in [0.4, 0.5) is 0 Å². The van der Waals surface area contributed by atoms with Crippen molar-refractivity contribution in [3.05, 3.63) is 28.7 Å². The van der Waals surface area contributed by atoms with Crippen LogP contribution in [0.25, 0.3) is 0 Å². The van der Waals surface area contributed by atoms with Crippen LogP contribution in [0.2, 0.25) is 0 Å². The van der Waals surface area contributed by atoms with E-state index in [1.54, 1.807) is 0 Å². The number of aromatic amines is 1. The molecule has 1 aromatic heterocycles. The molecule has 0 radical (unpaired) electrons. The van der Waals surface area contributed by atoms with Crippen LogP contribution in [0.3, 0.4) is 0 Å². The molecule has 0 saturated carbocycles. The Morgan fingerprint density at radius 2 is 2.16 bits per heavy atom. The van der Waals surface area contributed by atoms with Crippen molar-refractivity contribution in [2.75, 3.05) is 19.8 Å². The highest BCUT2D eigenvalue weighted by molar-refractivity contribution is 7.89. The second kappa shape index (κ2) is 7.42. The van der Waals surface area contributed by atoms with Crippen LogP contribution in [-0.4, -0.2) is 33.2 Å². The smallest absolute Gasteiger partial charge is 0.245 e. The highest BCUT2D eigenvalue weighted by Gasteiger charge is 2.16. The number of pyridine rings is 1. The molecule has 0 aliphatic heterocycles. The number of ether oxygens (including phenoxy) is 1. The molecule has 0 saturated heterocycles. The van der Waals surface area contributed by atoms with Crippen molar-refractivity contribution in [1.29, 1.82) is 0 Å². The van der Waals surface area contributed by atoms with Gasteiger partial charge in [0, 0.05) is 38.2 Å². The molecule has 1 rings (SSSR count). The molecule has 7 heteroatoms. The number of nitrogens with one attached hydrogen (secondary N) is 2. The number of hydrogen-bond donors (Lipinski definition) is 2. The van der Waals surface area contributed by atoms with Crippen LogP contribution in [0.15, 0.2) is 28.2 Å². The third-order valence-electron chi connectivity index (χ3n) is 2.29. The summed E-state index contributed by atoms with van der Waals surface area (Å²) in [5.74, 6) is 0.458. The molecule has 19 heavy (non-hydrogen) atoms. The Morgan fingerprint density at radius 3 is 2.79 bits per heavy atom. The summed E-state index contributed by atoms with van der Waals surface area (Å²) in [4.78, 5) is 13.7. The summed E-state index contributed by atoms with van der Waals surface area (Å²) in [5.41, 5.74) is -0.526. The van der Waals surface area contributed by atoms with Crippen molar-refractivity contribution in [2.24, 2.45) is 5.92 Å². The van der Waals surface area contributed by atoms with Crippen LogP contribution in [0.1, 0.15) is 20.3 Å². The molecular formula is C12H20N2O4S. The molecule has 0 spiro atoms. The van der Waals surface area contributed by atoms with E-state index in [4.69, 9.17) is 4.74 Å². The summed E-state index contributed by atoms with van der Waals surface area (Å²) in [6.45, 7) is 5.49. The van der Waals surface area contributed by atoms with Gasteiger partial charge >= 0.3 is 0 Å². The second-order valence-corrected chi connectivity index (χ2v) is 6.33. The predicted octanol–water partition coefficient (Wildman–Crippen LogP) is 0.716. The Bertz CT molecular complexity index is 537. The van der Waals surface area contributed by atoms with Gasteiger partial charge in [0.1, 0.15) is 4.90 Å². The fourth-order valence-corrected chi connectivity index (χ4v) is 2.51. The fourth-order valence-electron chi connectivity index (χ4n) is 1.39. The van der Waals surface area contributed by atoms with E-state index in [1.807, 2.05) is 13.8 Å². The lowest BCUT2D eigenvalue weighted by Gasteiger charge is -2.08. The Kier molecular flexibility index (Phi) is 6.20. The van der Waals surface area contributed by atoms with E-state index < -0.39 is 15.5 Å². The van der Waals surface area contributed by atoms with E-state index in [1.165, 1.54) is 18.5 Å². The second-order valence-electron chi connectivity index (χ2n) is 4.59. The lowest BCUT2D eigenvalue weighted by molar-refractivity contribution is 0.108. The number of sulfonamides is 1. The van der Waals surface area contributed by atoms with Crippen LogP contribution in [0.5, 0.6) is 0 Å². The van der Waals surface area contributed by atoms with E-state index in [0.29, 0.717) is 25.6 Å². The first-order chi connectivity index (χ1) is 8.93. The molecule has 0 amide bonds. The average molecular weight is 288 g/mol. The minimum Gasteiger partial charge on any atom is -0.381 e. The monoisotopic (exact) mass is 288 g/mol. The van der Waals surface area contributed by atoms with Crippen LogP contribution in [0, 0.1) is 5.92 Å². The van der Waals surface area contributed by atoms with Gasteiger partial charge in [0.05, 0.1) is 0 Å². The standard InChI is InChI=1S/C12H20N2O4S/c1-10(2)9-18-7-3-5-14-19(16,17)12-8-13-6-4-11(12)15/h4,6,8,10,14H,3,5,7,9H2,1-2H3,(H,13,15). The third kappa shape index (κ3) is 5.54. The zero-order chi connectivity index (χ0) is 14.3. The summed E-state index contributed by atoms with van der Waals surface area (Å²) in [7, 11) is -3.74. The van der Waals surface area contributed by atoms with Gasteiger partial charge in [0.15, 0.2) is 0 Å². The summed E-state index contributed by atoms with van der Waals surface area (Å²) in [6.07, 6.45) is 3.14. The van der Waals surface area contributed by atoms with Gasteiger partial charge < -0.3 is 9.72 Å². The topological polar surface area (TPSA) is 88.3 Å². The quantitative estimate of drug-likeness (QED) is 0.690. The minimum absolute atomic E-state index is 0.245. The lowest BCUT2D eigenvalue weighted by Crippen LogP contribution is -2.29. The first-order valence-electron chi connectivity index (χ1n) is 6.18. The Morgan fingerprint density at radius 1 is 1.42 bits per heavy atom. The van der Waals surface area contributed by atoms with Gasteiger partial charge in [0.2, 0.25) is 15.5 Å². The molecule has 108 valence electrons. The van der Waals surface area contributed by atoms with Crippen molar-refractivity contribution < 1.29 is 13.2 Å². The highest BCUT2D eigenvalue weighted by atomic mass is 32.2. The Labute approximate surface area is 113 Å². The van der Waals surface area contributed by atoms with Gasteiger partial charge in [-0.05, 0) is 12.3 Å². The van der Waals surface area contributed by atoms with E-state index >= 15 is 0 Å². The maximum Gasteiger partial charge on any atom is 0.245 e. The van der Waals surface area contributed by atoms with E-state index in [0.717, 1.165) is 0 Å². The van der Waals surface area contributed by atoms with E-state index in [-0.39, 0.29) is 11.4 Å². The number of aromatic nitrogens is 1. The predicted molar refractivity (Wildman–Crippen MR) is 72.5 cm³/mol. The third-order valence-corrected chi connectivity index (χ3v) is 3.77. The summed E-state index contributed by atoms with van der Waals surface area (Å²) in [6, 6.07) is 1.18. The molecule has 0 bridgehead atoms. The van der Waals surface area contributed by atoms with Gasteiger partial charge in [-0.1, -0.05) is 13.8 Å². The first kappa shape index (κ1) is 15.9. The molecule has 0 fully saturated rings. The van der Waals surface area contributed by atoms with Crippen molar-refractivity contribution in [3.8, 4) is 0 Å². The first-order valence-corrected chi connectivity index (χ1v) is 7.66. The maximum absolute atomic E-state index is 11.8. The largest absolute Gasteiger partial charge is 0.381 e. The van der Waals surface area contributed by atoms with Crippen molar-refractivity contribution in [1.82, 2.24) is 9.71 Å². The van der Waals surface area contributed by atoms with Gasteiger partial charge in [0.25, 0.3) is 0 Å². The van der Waals surface area contributed by atoms with E-state index in [9.17, 15) is 13.2 Å². The van der Waals surface area contributed by atoms with Crippen molar-refractivity contribution in [3.63, 3.8) is 0 Å². The number of H-pyrrole nitrogens is 1. The van der Waals surface area contributed by atoms with Gasteiger partial charge in [-0.2, -0.15) is 0 Å². The average Bonchev–Trinajstić information content (AvgIpc) is 2.33. The molecular weight excluding hydrogens is 268 g/mol. The zero-order valence-electron chi connectivity index (χ0n) is 11.2. The fraction of sp³-hybridized carbons (Fsp3) is 0.583. The molecule has 0 atom stereocenters. The molecule has 0 aliphatic carbocycles. The van der Waals surface area contributed by atoms with Crippen LogP contribution < -0.4 is 10.2 Å². The molecule has 2 N–H and O–H groups in total. The van der Waals surface area contributed by atoms with Crippen molar-refractivity contribution in [2.45, 2.75) is 25.2 Å². The number of rotatable bonds is 8. The van der Waals surface area contributed by atoms with Gasteiger partial charge in [-0.15, -0.1) is 0 Å². The normalized spacial score (nSPS) is 11.9. The maximum atomic E-state index is 11.8. The van der Waals surface area contributed by atoms with Crippen molar-refractivity contribution >= 4 is 10.0 Å². The SMILES string of the molecule is CC(C)COCCCNS(=O)(=O)c1c[nH]ccc1=O. The lowest BCUT2D eigenvalue weighted by atomic mass is 10.2. The minimum atomic E-state index is -3.74. The molecule has 1 aromatic rings. The molecule has 0 aromatic carbocycles. The van der Waals surface area contributed by atoms with E-state index in [2.05, 4.69) is 9.71 Å². The van der Waals surface area contributed by atoms with Gasteiger partial charge in [-0.3, -0.25) is 4.79 Å². The molecule has 6 nitrogen and oxygen atoms in total.